The molecule has 2 unspecified atom stereocenters. The summed E-state index contributed by atoms with van der Waals surface area (Å²) in [5.74, 6) is -0.642. The first-order valence-corrected chi connectivity index (χ1v) is 11.8. The van der Waals surface area contributed by atoms with Crippen molar-refractivity contribution in [2.45, 2.75) is 32.0 Å². The summed E-state index contributed by atoms with van der Waals surface area (Å²) in [6.45, 7) is 6.12. The molecule has 0 radical (unpaired) electrons. The first kappa shape index (κ1) is 23.4. The van der Waals surface area contributed by atoms with Crippen molar-refractivity contribution in [3.8, 4) is 11.5 Å². The quantitative estimate of drug-likeness (QED) is 0.223. The van der Waals surface area contributed by atoms with Crippen molar-refractivity contribution in [1.82, 2.24) is 4.90 Å². The Hall–Kier alpha value is -4.39. The number of rotatable bonds is 7. The van der Waals surface area contributed by atoms with E-state index in [4.69, 9.17) is 9.47 Å². The third kappa shape index (κ3) is 4.35. The van der Waals surface area contributed by atoms with E-state index in [1.54, 1.807) is 60.9 Å². The molecule has 1 amide bonds. The summed E-state index contributed by atoms with van der Waals surface area (Å²) in [6, 6.07) is 15.1. The molecule has 5 rings (SSSR count). The Morgan fingerprint density at radius 2 is 2.00 bits per heavy atom. The van der Waals surface area contributed by atoms with Crippen molar-refractivity contribution >= 4 is 17.4 Å². The van der Waals surface area contributed by atoms with Gasteiger partial charge in [0.2, 0.25) is 5.78 Å². The highest BCUT2D eigenvalue weighted by Crippen LogP contribution is 2.41. The Morgan fingerprint density at radius 1 is 1.19 bits per heavy atom. The fraction of sp³-hybridized carbons (Fsp3) is 0.207. The van der Waals surface area contributed by atoms with Gasteiger partial charge in [-0.1, -0.05) is 36.6 Å². The zero-order chi connectivity index (χ0) is 25.2. The average Bonchev–Trinajstić information content (AvgIpc) is 3.39. The first-order chi connectivity index (χ1) is 17.5. The maximum absolute atomic E-state index is 13.8. The van der Waals surface area contributed by atoms with Crippen LogP contribution in [-0.2, 0) is 22.6 Å². The number of likely N-dealkylation sites (tertiary alicyclic amines) is 1. The highest BCUT2D eigenvalue weighted by atomic mass is 16.5. The van der Waals surface area contributed by atoms with E-state index in [9.17, 15) is 14.7 Å². The molecule has 1 N–H and O–H groups in total. The van der Waals surface area contributed by atoms with Crippen LogP contribution in [0.25, 0.3) is 5.76 Å². The van der Waals surface area contributed by atoms with Gasteiger partial charge >= 0.3 is 0 Å². The molecular formula is C29H26N2O5. The topological polar surface area (TPSA) is 93.0 Å². The van der Waals surface area contributed by atoms with Crippen LogP contribution < -0.4 is 19.6 Å². The maximum atomic E-state index is 13.8. The van der Waals surface area contributed by atoms with Crippen LogP contribution in [-0.4, -0.2) is 29.3 Å². The van der Waals surface area contributed by atoms with Gasteiger partial charge in [0.15, 0.2) is 12.4 Å². The second kappa shape index (κ2) is 9.70. The first-order valence-electron chi connectivity index (χ1n) is 11.8. The van der Waals surface area contributed by atoms with Crippen molar-refractivity contribution in [1.29, 1.82) is 0 Å². The van der Waals surface area contributed by atoms with Gasteiger partial charge in [0.1, 0.15) is 24.2 Å². The van der Waals surface area contributed by atoms with Crippen LogP contribution in [0, 0.1) is 0 Å². The molecule has 1 fully saturated rings. The predicted octanol–water partition coefficient (Wildman–Crippen LogP) is 2.81. The number of aromatic amines is 1. The molecule has 2 aliphatic rings. The lowest BCUT2D eigenvalue weighted by molar-refractivity contribution is -0.378. The van der Waals surface area contributed by atoms with Crippen molar-refractivity contribution in [3.63, 3.8) is 0 Å². The van der Waals surface area contributed by atoms with Crippen LogP contribution in [0.1, 0.15) is 35.2 Å². The Kier molecular flexibility index (Phi) is 6.29. The van der Waals surface area contributed by atoms with E-state index in [2.05, 4.69) is 11.6 Å². The lowest BCUT2D eigenvalue weighted by Gasteiger charge is -2.28. The predicted molar refractivity (Wildman–Crippen MR) is 131 cm³/mol. The van der Waals surface area contributed by atoms with Crippen LogP contribution in [0.15, 0.2) is 85.2 Å². The van der Waals surface area contributed by atoms with E-state index < -0.39 is 23.5 Å². The molecule has 182 valence electrons. The molecule has 1 aromatic heterocycles. The van der Waals surface area contributed by atoms with Crippen molar-refractivity contribution in [3.05, 3.63) is 107 Å². The summed E-state index contributed by atoms with van der Waals surface area (Å²) < 4.78 is 11.4. The number of Topliss-reactive ketones (excluding diaryl/α,β-unsaturated/α-hetero) is 1. The SMILES string of the molecule is C=CCOc1cccc(C2/C(=C(\[O-])c3ccc4c(c3)CC(C)O4)C(=O)C(=O)N2Cc2cc[nH+]cc2)c1. The van der Waals surface area contributed by atoms with Gasteiger partial charge < -0.3 is 19.5 Å². The summed E-state index contributed by atoms with van der Waals surface area (Å²) >= 11 is 0. The van der Waals surface area contributed by atoms with Crippen LogP contribution in [0.3, 0.4) is 0 Å². The Labute approximate surface area is 209 Å². The highest BCUT2D eigenvalue weighted by Gasteiger charge is 2.44. The van der Waals surface area contributed by atoms with Gasteiger partial charge in [-0.3, -0.25) is 9.59 Å². The minimum Gasteiger partial charge on any atom is -0.872 e. The molecule has 0 spiro atoms. The van der Waals surface area contributed by atoms with E-state index in [1.807, 2.05) is 19.1 Å². The lowest BCUT2D eigenvalue weighted by atomic mass is 9.94. The molecule has 1 saturated heterocycles. The zero-order valence-corrected chi connectivity index (χ0v) is 19.9. The van der Waals surface area contributed by atoms with Crippen LogP contribution in [0.2, 0.25) is 0 Å². The lowest BCUT2D eigenvalue weighted by Crippen LogP contribution is -2.29. The molecule has 0 saturated carbocycles. The number of amides is 1. The Balaban J connectivity index is 1.62. The summed E-state index contributed by atoms with van der Waals surface area (Å²) in [6.07, 6.45) is 5.84. The van der Waals surface area contributed by atoms with Crippen molar-refractivity contribution < 1.29 is 29.2 Å². The summed E-state index contributed by atoms with van der Waals surface area (Å²) in [4.78, 5) is 31.0. The van der Waals surface area contributed by atoms with Crippen molar-refractivity contribution in [2.75, 3.05) is 6.61 Å². The molecule has 0 aliphatic carbocycles. The Bertz CT molecular complexity index is 1370. The molecule has 2 atom stereocenters. The number of fused-ring (bicyclic) bond motifs is 1. The number of hydrogen-bond acceptors (Lipinski definition) is 5. The minimum atomic E-state index is -0.850. The second-order valence-corrected chi connectivity index (χ2v) is 8.94. The second-order valence-electron chi connectivity index (χ2n) is 8.94. The molecule has 3 aromatic rings. The molecule has 0 bridgehead atoms. The monoisotopic (exact) mass is 482 g/mol. The van der Waals surface area contributed by atoms with E-state index in [-0.39, 0.29) is 18.2 Å². The minimum absolute atomic E-state index is 0.0253. The van der Waals surface area contributed by atoms with Gasteiger partial charge in [0.25, 0.3) is 5.91 Å². The van der Waals surface area contributed by atoms with E-state index >= 15 is 0 Å². The number of carbonyl (C=O) groups is 2. The number of ketones is 1. The molecule has 36 heavy (non-hydrogen) atoms. The molecule has 2 aliphatic heterocycles. The van der Waals surface area contributed by atoms with Crippen molar-refractivity contribution in [2.24, 2.45) is 0 Å². The zero-order valence-electron chi connectivity index (χ0n) is 19.9. The molecular weight excluding hydrogens is 456 g/mol. The number of H-pyrrole nitrogens is 1. The third-order valence-electron chi connectivity index (χ3n) is 6.37. The fourth-order valence-corrected chi connectivity index (χ4v) is 4.75. The molecule has 7 heteroatoms. The van der Waals surface area contributed by atoms with Gasteiger partial charge in [0.05, 0.1) is 6.04 Å². The van der Waals surface area contributed by atoms with Gasteiger partial charge in [-0.15, -0.1) is 0 Å². The smallest absolute Gasteiger partial charge is 0.295 e. The highest BCUT2D eigenvalue weighted by molar-refractivity contribution is 6.46. The average molecular weight is 483 g/mol. The van der Waals surface area contributed by atoms with Crippen LogP contribution in [0.5, 0.6) is 11.5 Å². The van der Waals surface area contributed by atoms with Crippen LogP contribution >= 0.6 is 0 Å². The van der Waals surface area contributed by atoms with E-state index in [0.717, 1.165) is 16.9 Å². The third-order valence-corrected chi connectivity index (χ3v) is 6.37. The summed E-state index contributed by atoms with van der Waals surface area (Å²) in [7, 11) is 0. The number of carbonyl (C=O) groups excluding carboxylic acids is 2. The normalized spacial score (nSPS) is 20.2. The summed E-state index contributed by atoms with van der Waals surface area (Å²) in [5.41, 5.74) is 2.67. The molecule has 2 aromatic carbocycles. The largest absolute Gasteiger partial charge is 0.872 e. The molecule has 7 nitrogen and oxygen atoms in total. The number of aromatic nitrogens is 1. The van der Waals surface area contributed by atoms with Crippen LogP contribution in [0.4, 0.5) is 0 Å². The number of pyridine rings is 1. The molecule has 3 heterocycles. The Morgan fingerprint density at radius 3 is 2.78 bits per heavy atom. The summed E-state index contributed by atoms with van der Waals surface area (Å²) in [5, 5.41) is 13.8. The van der Waals surface area contributed by atoms with E-state index in [1.165, 1.54) is 4.90 Å². The number of benzene rings is 2. The van der Waals surface area contributed by atoms with Gasteiger partial charge in [-0.05, 0) is 53.4 Å². The number of hydrogen-bond donors (Lipinski definition) is 0. The number of ether oxygens (including phenoxy) is 2. The number of nitrogens with one attached hydrogen (secondary N) is 1. The van der Waals surface area contributed by atoms with E-state index in [0.29, 0.717) is 29.9 Å². The maximum Gasteiger partial charge on any atom is 0.295 e. The van der Waals surface area contributed by atoms with Gasteiger partial charge in [-0.2, -0.15) is 0 Å². The standard InChI is InChI=1S/C29H26N2O5/c1-3-13-35-23-6-4-5-20(16-23)26-25(27(32)21-7-8-24-22(15-21)14-18(2)36-24)28(33)29(34)31(26)17-19-9-11-30-12-10-19/h3-12,15-16,18,26,32H,1,13-14,17H2,2H3/b27-25+. The fourth-order valence-electron chi connectivity index (χ4n) is 4.75. The number of nitrogens with zero attached hydrogens (tertiary/aromatic N) is 1. The van der Waals surface area contributed by atoms with Gasteiger partial charge in [0, 0.05) is 30.7 Å². The van der Waals surface area contributed by atoms with Gasteiger partial charge in [-0.25, -0.2) is 4.98 Å².